The van der Waals surface area contributed by atoms with Crippen LogP contribution in [0, 0.1) is 0 Å². The van der Waals surface area contributed by atoms with Crippen molar-refractivity contribution in [2.24, 2.45) is 4.99 Å². The maximum Gasteiger partial charge on any atom is 0.235 e. The zero-order valence-electron chi connectivity index (χ0n) is 11.9. The number of isocyanates is 1. The first-order valence-corrected chi connectivity index (χ1v) is 7.07. The normalized spacial score (nSPS) is 26.6. The molecule has 1 heterocycles. The first-order valence-electron chi connectivity index (χ1n) is 7.07. The van der Waals surface area contributed by atoms with E-state index in [4.69, 9.17) is 9.47 Å². The predicted molar refractivity (Wildman–Crippen MR) is 73.9 cm³/mol. The zero-order valence-corrected chi connectivity index (χ0v) is 11.9. The summed E-state index contributed by atoms with van der Waals surface area (Å²) in [5.41, 5.74) is 1.77. The molecule has 1 aliphatic heterocycles. The van der Waals surface area contributed by atoms with Crippen LogP contribution < -0.4 is 0 Å². The van der Waals surface area contributed by atoms with Crippen LogP contribution in [0.3, 0.4) is 0 Å². The number of nitrogens with zero attached hydrogens (tertiary/aromatic N) is 1. The Morgan fingerprint density at radius 2 is 2.05 bits per heavy atom. The van der Waals surface area contributed by atoms with E-state index in [1.165, 1.54) is 0 Å². The van der Waals surface area contributed by atoms with Crippen molar-refractivity contribution < 1.29 is 14.3 Å². The highest BCUT2D eigenvalue weighted by Crippen LogP contribution is 2.48. The van der Waals surface area contributed by atoms with Gasteiger partial charge in [0.25, 0.3) is 0 Å². The Morgan fingerprint density at radius 3 is 2.60 bits per heavy atom. The number of ether oxygens (including phenoxy) is 2. The Kier molecular flexibility index (Phi) is 3.25. The van der Waals surface area contributed by atoms with E-state index in [0.717, 1.165) is 30.4 Å². The smallest absolute Gasteiger partial charge is 0.235 e. The fourth-order valence-corrected chi connectivity index (χ4v) is 3.08. The molecule has 106 valence electrons. The SMILES string of the molecule is CC1(C)OCC(c2ccccc2C2(N=C=O)CCC2)O1. The van der Waals surface area contributed by atoms with Crippen LogP contribution in [-0.2, 0) is 19.8 Å². The zero-order chi connectivity index (χ0) is 14.2. The van der Waals surface area contributed by atoms with Gasteiger partial charge in [-0.2, -0.15) is 4.99 Å². The lowest BCUT2D eigenvalue weighted by Gasteiger charge is -2.39. The van der Waals surface area contributed by atoms with Gasteiger partial charge in [0.1, 0.15) is 6.10 Å². The second-order valence-electron chi connectivity index (χ2n) is 5.99. The molecule has 2 fully saturated rings. The van der Waals surface area contributed by atoms with Crippen LogP contribution in [0.5, 0.6) is 0 Å². The molecule has 1 aromatic carbocycles. The maximum atomic E-state index is 10.8. The molecule has 4 nitrogen and oxygen atoms in total. The third-order valence-electron chi connectivity index (χ3n) is 4.26. The summed E-state index contributed by atoms with van der Waals surface area (Å²) in [5.74, 6) is -0.557. The summed E-state index contributed by atoms with van der Waals surface area (Å²) in [6.07, 6.45) is 4.54. The van der Waals surface area contributed by atoms with Crippen LogP contribution in [-0.4, -0.2) is 18.5 Å². The summed E-state index contributed by atoms with van der Waals surface area (Å²) < 4.78 is 11.6. The third-order valence-corrected chi connectivity index (χ3v) is 4.26. The molecule has 1 unspecified atom stereocenters. The van der Waals surface area contributed by atoms with Crippen molar-refractivity contribution in [2.45, 2.75) is 50.5 Å². The van der Waals surface area contributed by atoms with Gasteiger partial charge < -0.3 is 9.47 Å². The van der Waals surface area contributed by atoms with Crippen LogP contribution in [0.4, 0.5) is 0 Å². The van der Waals surface area contributed by atoms with Crippen molar-refractivity contribution in [3.8, 4) is 0 Å². The lowest BCUT2D eigenvalue weighted by Crippen LogP contribution is -2.33. The Hall–Kier alpha value is -1.48. The summed E-state index contributed by atoms with van der Waals surface area (Å²) in [5, 5.41) is 0. The Morgan fingerprint density at radius 1 is 1.30 bits per heavy atom. The molecule has 4 heteroatoms. The fourth-order valence-electron chi connectivity index (χ4n) is 3.08. The number of carbonyl (C=O) groups excluding carboxylic acids is 1. The number of aliphatic imine (C=N–C) groups is 1. The van der Waals surface area contributed by atoms with Crippen LogP contribution in [0.2, 0.25) is 0 Å². The first-order chi connectivity index (χ1) is 9.56. The minimum absolute atomic E-state index is 0.0967. The lowest BCUT2D eigenvalue weighted by molar-refractivity contribution is -0.139. The van der Waals surface area contributed by atoms with E-state index in [0.29, 0.717) is 6.61 Å². The second-order valence-corrected chi connectivity index (χ2v) is 5.99. The molecule has 0 radical (unpaired) electrons. The Balaban J connectivity index is 1.99. The molecule has 1 saturated carbocycles. The second kappa shape index (κ2) is 4.81. The first kappa shape index (κ1) is 13.5. The average Bonchev–Trinajstić information content (AvgIpc) is 2.74. The number of hydrogen-bond acceptors (Lipinski definition) is 4. The lowest BCUT2D eigenvalue weighted by atomic mass is 9.70. The fraction of sp³-hybridized carbons (Fsp3) is 0.562. The van der Waals surface area contributed by atoms with Crippen molar-refractivity contribution in [3.05, 3.63) is 35.4 Å². The van der Waals surface area contributed by atoms with E-state index in [-0.39, 0.29) is 6.10 Å². The summed E-state index contributed by atoms with van der Waals surface area (Å²) in [7, 11) is 0. The molecule has 3 rings (SSSR count). The van der Waals surface area contributed by atoms with E-state index in [1.807, 2.05) is 38.1 Å². The van der Waals surface area contributed by atoms with E-state index < -0.39 is 11.3 Å². The molecule has 0 spiro atoms. The van der Waals surface area contributed by atoms with E-state index in [2.05, 4.69) is 4.99 Å². The van der Waals surface area contributed by atoms with Crippen LogP contribution in [0.15, 0.2) is 29.3 Å². The quantitative estimate of drug-likeness (QED) is 0.627. The Labute approximate surface area is 118 Å². The number of rotatable bonds is 3. The van der Waals surface area contributed by atoms with Crippen molar-refractivity contribution in [1.82, 2.24) is 0 Å². The molecule has 0 N–H and O–H groups in total. The van der Waals surface area contributed by atoms with Gasteiger partial charge in [-0.1, -0.05) is 24.3 Å². The summed E-state index contributed by atoms with van der Waals surface area (Å²) in [4.78, 5) is 14.9. The van der Waals surface area contributed by atoms with Gasteiger partial charge in [0.2, 0.25) is 6.08 Å². The molecular weight excluding hydrogens is 254 g/mol. The van der Waals surface area contributed by atoms with E-state index in [9.17, 15) is 4.79 Å². The van der Waals surface area contributed by atoms with Crippen LogP contribution in [0.1, 0.15) is 50.3 Å². The van der Waals surface area contributed by atoms with E-state index in [1.54, 1.807) is 6.08 Å². The highest BCUT2D eigenvalue weighted by Gasteiger charge is 2.43. The van der Waals surface area contributed by atoms with Crippen LogP contribution in [0.25, 0.3) is 0 Å². The van der Waals surface area contributed by atoms with Gasteiger partial charge in [-0.05, 0) is 44.2 Å². The van der Waals surface area contributed by atoms with Gasteiger partial charge in [-0.15, -0.1) is 0 Å². The van der Waals surface area contributed by atoms with Gasteiger partial charge in [0.15, 0.2) is 5.79 Å². The Bertz CT molecular complexity index is 557. The number of benzene rings is 1. The van der Waals surface area contributed by atoms with E-state index >= 15 is 0 Å². The van der Waals surface area contributed by atoms with Gasteiger partial charge in [0, 0.05) is 0 Å². The molecule has 0 amide bonds. The van der Waals surface area contributed by atoms with Crippen molar-refractivity contribution >= 4 is 6.08 Å². The average molecular weight is 273 g/mol. The third kappa shape index (κ3) is 2.20. The monoisotopic (exact) mass is 273 g/mol. The van der Waals surface area contributed by atoms with Crippen molar-refractivity contribution in [3.63, 3.8) is 0 Å². The molecule has 1 saturated heterocycles. The van der Waals surface area contributed by atoms with Gasteiger partial charge in [0.05, 0.1) is 12.1 Å². The molecule has 1 aliphatic carbocycles. The summed E-state index contributed by atoms with van der Waals surface area (Å²) >= 11 is 0. The molecule has 2 aliphatic rings. The molecule has 20 heavy (non-hydrogen) atoms. The standard InChI is InChI=1S/C16H19NO3/c1-15(2)19-10-14(20-15)12-6-3-4-7-13(12)16(17-11-18)8-5-9-16/h3-4,6-7,14H,5,8-10H2,1-2H3. The summed E-state index contributed by atoms with van der Waals surface area (Å²) in [6, 6.07) is 8.07. The topological polar surface area (TPSA) is 47.9 Å². The minimum atomic E-state index is -0.557. The minimum Gasteiger partial charge on any atom is -0.347 e. The molecule has 0 bridgehead atoms. The van der Waals surface area contributed by atoms with Gasteiger partial charge >= 0.3 is 0 Å². The predicted octanol–water partition coefficient (Wildman–Crippen LogP) is 3.23. The van der Waals surface area contributed by atoms with Crippen molar-refractivity contribution in [1.29, 1.82) is 0 Å². The van der Waals surface area contributed by atoms with Gasteiger partial charge in [-0.25, -0.2) is 4.79 Å². The molecule has 0 aromatic heterocycles. The molecule has 1 atom stereocenters. The maximum absolute atomic E-state index is 10.8. The molecular formula is C16H19NO3. The highest BCUT2D eigenvalue weighted by molar-refractivity contribution is 5.43. The largest absolute Gasteiger partial charge is 0.347 e. The summed E-state index contributed by atoms with van der Waals surface area (Å²) in [6.45, 7) is 4.36. The van der Waals surface area contributed by atoms with Gasteiger partial charge in [-0.3, -0.25) is 0 Å². The van der Waals surface area contributed by atoms with Crippen molar-refractivity contribution in [2.75, 3.05) is 6.61 Å². The molecule has 1 aromatic rings. The van der Waals surface area contributed by atoms with Crippen LogP contribution >= 0.6 is 0 Å². The highest BCUT2D eigenvalue weighted by atomic mass is 16.7. The number of hydrogen-bond donors (Lipinski definition) is 0.